The molecule has 1 aliphatic heterocycles. The van der Waals surface area contributed by atoms with Crippen molar-refractivity contribution < 1.29 is 24.5 Å². The number of likely N-dealkylation sites (tertiary alicyclic amines) is 1. The lowest BCUT2D eigenvalue weighted by Gasteiger charge is -2.26. The van der Waals surface area contributed by atoms with Crippen LogP contribution in [0.2, 0.25) is 0 Å². The Morgan fingerprint density at radius 2 is 1.78 bits per heavy atom. The minimum Gasteiger partial charge on any atom is -0.507 e. The molecule has 0 bridgehead atoms. The zero-order chi connectivity index (χ0) is 22.7. The number of aliphatic hydroxyl groups is 1. The molecule has 7 nitrogen and oxygen atoms in total. The number of benzene rings is 2. The van der Waals surface area contributed by atoms with Crippen LogP contribution in [0.1, 0.15) is 29.7 Å². The Kier molecular flexibility index (Phi) is 5.89. The van der Waals surface area contributed by atoms with E-state index < -0.39 is 17.7 Å². The Morgan fingerprint density at radius 3 is 2.47 bits per heavy atom. The number of aromatic hydroxyl groups is 1. The van der Waals surface area contributed by atoms with Gasteiger partial charge in [0.2, 0.25) is 0 Å². The van der Waals surface area contributed by atoms with E-state index in [1.54, 1.807) is 31.2 Å². The van der Waals surface area contributed by atoms with Gasteiger partial charge in [0.25, 0.3) is 11.7 Å². The first kappa shape index (κ1) is 21.1. The van der Waals surface area contributed by atoms with E-state index in [0.717, 1.165) is 5.56 Å². The summed E-state index contributed by atoms with van der Waals surface area (Å²) in [6.07, 6.45) is 3.00. The summed E-state index contributed by atoms with van der Waals surface area (Å²) < 4.78 is 5.50. The number of phenolic OH excluding ortho intramolecular Hbond substituents is 1. The van der Waals surface area contributed by atoms with Crippen LogP contribution in [-0.4, -0.2) is 38.4 Å². The van der Waals surface area contributed by atoms with Crippen molar-refractivity contribution in [3.8, 4) is 11.5 Å². The number of hydrogen-bond donors (Lipinski definition) is 2. The van der Waals surface area contributed by atoms with E-state index in [4.69, 9.17) is 4.74 Å². The number of aromatic nitrogens is 1. The summed E-state index contributed by atoms with van der Waals surface area (Å²) in [5.74, 6) is -1.58. The van der Waals surface area contributed by atoms with Crippen molar-refractivity contribution in [2.24, 2.45) is 0 Å². The number of nitrogens with zero attached hydrogens (tertiary/aromatic N) is 2. The number of carbonyl (C=O) groups is 2. The largest absolute Gasteiger partial charge is 0.507 e. The highest BCUT2D eigenvalue weighted by Gasteiger charge is 2.46. The second-order valence-electron chi connectivity index (χ2n) is 7.31. The number of amides is 1. The van der Waals surface area contributed by atoms with Crippen molar-refractivity contribution in [1.82, 2.24) is 9.88 Å². The summed E-state index contributed by atoms with van der Waals surface area (Å²) in [5.41, 5.74) is 1.74. The average molecular weight is 430 g/mol. The molecule has 7 heteroatoms. The van der Waals surface area contributed by atoms with E-state index >= 15 is 0 Å². The number of ether oxygens (including phenoxy) is 1. The molecule has 0 radical (unpaired) electrons. The molecule has 1 unspecified atom stereocenters. The van der Waals surface area contributed by atoms with E-state index in [1.165, 1.54) is 23.4 Å². The van der Waals surface area contributed by atoms with Gasteiger partial charge in [0.15, 0.2) is 11.5 Å². The lowest BCUT2D eigenvalue weighted by Crippen LogP contribution is -2.29. The maximum Gasteiger partial charge on any atom is 0.295 e. The number of phenols is 1. The quantitative estimate of drug-likeness (QED) is 0.350. The number of Topliss-reactive ketones (excluding diaryl/α,β-unsaturated/α-hetero) is 1. The lowest BCUT2D eigenvalue weighted by molar-refractivity contribution is -0.140. The second kappa shape index (κ2) is 8.93. The van der Waals surface area contributed by atoms with Crippen LogP contribution in [0.3, 0.4) is 0 Å². The topological polar surface area (TPSA) is 100.0 Å². The van der Waals surface area contributed by atoms with Crippen LogP contribution in [0.25, 0.3) is 5.76 Å². The summed E-state index contributed by atoms with van der Waals surface area (Å²) in [4.78, 5) is 31.5. The molecule has 1 fully saturated rings. The van der Waals surface area contributed by atoms with Crippen LogP contribution in [0, 0.1) is 0 Å². The van der Waals surface area contributed by atoms with Gasteiger partial charge in [-0.05, 0) is 42.3 Å². The molecule has 162 valence electrons. The standard InChI is InChI=1S/C25H22N2O5/c1-2-32-20-14-18(8-9-19(20)28)22-21(23(29)17-10-12-26-13-11-17)24(30)25(31)27(22)15-16-6-4-3-5-7-16/h3-14,22,28-29H,2,15H2,1H3. The molecule has 2 aromatic carbocycles. The first-order valence-corrected chi connectivity index (χ1v) is 10.2. The highest BCUT2D eigenvalue weighted by Crippen LogP contribution is 2.42. The molecule has 2 heterocycles. The Morgan fingerprint density at radius 1 is 1.06 bits per heavy atom. The monoisotopic (exact) mass is 430 g/mol. The fraction of sp³-hybridized carbons (Fsp3) is 0.160. The van der Waals surface area contributed by atoms with Gasteiger partial charge < -0.3 is 19.8 Å². The fourth-order valence-corrected chi connectivity index (χ4v) is 3.81. The third-order valence-electron chi connectivity index (χ3n) is 5.29. The molecular weight excluding hydrogens is 408 g/mol. The van der Waals surface area contributed by atoms with Crippen LogP contribution in [0.5, 0.6) is 11.5 Å². The van der Waals surface area contributed by atoms with Crippen molar-refractivity contribution in [2.45, 2.75) is 19.5 Å². The van der Waals surface area contributed by atoms with Gasteiger partial charge in [-0.25, -0.2) is 0 Å². The van der Waals surface area contributed by atoms with Crippen LogP contribution in [-0.2, 0) is 16.1 Å². The van der Waals surface area contributed by atoms with Gasteiger partial charge in [-0.1, -0.05) is 36.4 Å². The molecule has 0 saturated carbocycles. The molecule has 32 heavy (non-hydrogen) atoms. The van der Waals surface area contributed by atoms with Crippen molar-refractivity contribution in [3.63, 3.8) is 0 Å². The van der Waals surface area contributed by atoms with Crippen LogP contribution in [0.4, 0.5) is 0 Å². The van der Waals surface area contributed by atoms with Crippen molar-refractivity contribution >= 4 is 17.4 Å². The van der Waals surface area contributed by atoms with Gasteiger partial charge in [0, 0.05) is 24.5 Å². The minimum atomic E-state index is -0.858. The van der Waals surface area contributed by atoms with E-state index in [-0.39, 0.29) is 29.4 Å². The van der Waals surface area contributed by atoms with Crippen molar-refractivity contribution in [1.29, 1.82) is 0 Å². The summed E-state index contributed by atoms with van der Waals surface area (Å²) in [7, 11) is 0. The third kappa shape index (κ3) is 3.92. The van der Waals surface area contributed by atoms with Gasteiger partial charge in [-0.15, -0.1) is 0 Å². The van der Waals surface area contributed by atoms with Gasteiger partial charge in [0.1, 0.15) is 5.76 Å². The first-order chi connectivity index (χ1) is 15.5. The second-order valence-corrected chi connectivity index (χ2v) is 7.31. The number of hydrogen-bond acceptors (Lipinski definition) is 6. The molecule has 1 atom stereocenters. The van der Waals surface area contributed by atoms with Crippen LogP contribution >= 0.6 is 0 Å². The fourth-order valence-electron chi connectivity index (χ4n) is 3.81. The minimum absolute atomic E-state index is 0.0229. The number of ketones is 1. The van der Waals surface area contributed by atoms with Gasteiger partial charge in [-0.2, -0.15) is 0 Å². The highest BCUT2D eigenvalue weighted by molar-refractivity contribution is 6.46. The molecule has 1 aliphatic rings. The third-order valence-corrected chi connectivity index (χ3v) is 5.29. The zero-order valence-corrected chi connectivity index (χ0v) is 17.4. The summed E-state index contributed by atoms with van der Waals surface area (Å²) >= 11 is 0. The number of rotatable bonds is 6. The van der Waals surface area contributed by atoms with Crippen molar-refractivity contribution in [2.75, 3.05) is 6.61 Å². The van der Waals surface area contributed by atoms with E-state index in [0.29, 0.717) is 17.7 Å². The molecule has 0 spiro atoms. The maximum absolute atomic E-state index is 13.1. The molecule has 4 rings (SSSR count). The Bertz CT molecular complexity index is 1180. The summed E-state index contributed by atoms with van der Waals surface area (Å²) in [5, 5.41) is 21.1. The number of pyridine rings is 1. The molecule has 2 N–H and O–H groups in total. The molecule has 1 saturated heterocycles. The summed E-state index contributed by atoms with van der Waals surface area (Å²) in [6, 6.07) is 16.2. The molecule has 3 aromatic rings. The Labute approximate surface area is 185 Å². The molecule has 1 amide bonds. The van der Waals surface area contributed by atoms with Gasteiger partial charge in [0.05, 0.1) is 18.2 Å². The summed E-state index contributed by atoms with van der Waals surface area (Å²) in [6.45, 7) is 2.29. The number of carbonyl (C=O) groups excluding carboxylic acids is 2. The van der Waals surface area contributed by atoms with E-state index in [2.05, 4.69) is 4.98 Å². The molecular formula is C25H22N2O5. The molecule has 1 aromatic heterocycles. The van der Waals surface area contributed by atoms with Crippen molar-refractivity contribution in [3.05, 3.63) is 95.3 Å². The smallest absolute Gasteiger partial charge is 0.295 e. The zero-order valence-electron chi connectivity index (χ0n) is 17.4. The Balaban J connectivity index is 1.88. The molecule has 0 aliphatic carbocycles. The number of aliphatic hydroxyl groups excluding tert-OH is 1. The van der Waals surface area contributed by atoms with Gasteiger partial charge in [-0.3, -0.25) is 14.6 Å². The maximum atomic E-state index is 13.1. The van der Waals surface area contributed by atoms with Crippen LogP contribution in [0.15, 0.2) is 78.6 Å². The van der Waals surface area contributed by atoms with Crippen LogP contribution < -0.4 is 4.74 Å². The normalized spacial score (nSPS) is 17.5. The highest BCUT2D eigenvalue weighted by atomic mass is 16.5. The van der Waals surface area contributed by atoms with E-state index in [1.807, 2.05) is 30.3 Å². The Hall–Kier alpha value is -4.13. The predicted octanol–water partition coefficient (Wildman–Crippen LogP) is 3.81. The lowest BCUT2D eigenvalue weighted by atomic mass is 9.95. The first-order valence-electron chi connectivity index (χ1n) is 10.2. The predicted molar refractivity (Wildman–Crippen MR) is 118 cm³/mol. The van der Waals surface area contributed by atoms with E-state index in [9.17, 15) is 19.8 Å². The SMILES string of the molecule is CCOc1cc(C2C(=C(O)c3ccncc3)C(=O)C(=O)N2Cc2ccccc2)ccc1O. The van der Waals surface area contributed by atoms with Gasteiger partial charge >= 0.3 is 0 Å². The average Bonchev–Trinajstić information content (AvgIpc) is 3.06.